The molecule has 1 aromatic carbocycles. The Kier molecular flexibility index (Phi) is 5.25. The Bertz CT molecular complexity index is 755. The Morgan fingerprint density at radius 1 is 1.24 bits per heavy atom. The average Bonchev–Trinajstić information content (AvgIpc) is 3.18. The fraction of sp³-hybridized carbons (Fsp3) is 0.278. The number of nitrogens with one attached hydrogen (secondary N) is 2. The highest BCUT2D eigenvalue weighted by Gasteiger charge is 2.23. The zero-order chi connectivity index (χ0) is 17.6. The summed E-state index contributed by atoms with van der Waals surface area (Å²) in [6.07, 6.45) is 2.81. The van der Waals surface area contributed by atoms with Crippen molar-refractivity contribution in [3.63, 3.8) is 0 Å². The van der Waals surface area contributed by atoms with E-state index in [2.05, 4.69) is 15.6 Å². The van der Waals surface area contributed by atoms with Crippen LogP contribution >= 0.6 is 0 Å². The van der Waals surface area contributed by atoms with E-state index in [1.54, 1.807) is 36.5 Å². The monoisotopic (exact) mass is 341 g/mol. The maximum absolute atomic E-state index is 12.0. The zero-order valence-corrected chi connectivity index (χ0v) is 13.8. The molecule has 1 aliphatic heterocycles. The first kappa shape index (κ1) is 16.9. The largest absolute Gasteiger partial charge is 0.465 e. The zero-order valence-electron chi connectivity index (χ0n) is 13.8. The van der Waals surface area contributed by atoms with E-state index in [0.717, 1.165) is 12.8 Å². The molecule has 130 valence electrons. The van der Waals surface area contributed by atoms with E-state index >= 15 is 0 Å². The number of ether oxygens (including phenoxy) is 2. The van der Waals surface area contributed by atoms with Gasteiger partial charge in [-0.2, -0.15) is 0 Å². The van der Waals surface area contributed by atoms with Crippen LogP contribution in [-0.4, -0.2) is 36.7 Å². The predicted octanol–water partition coefficient (Wildman–Crippen LogP) is 2.73. The van der Waals surface area contributed by atoms with Crippen LogP contribution < -0.4 is 10.6 Å². The summed E-state index contributed by atoms with van der Waals surface area (Å²) in [6.45, 7) is 0.619. The number of amides is 1. The highest BCUT2D eigenvalue weighted by molar-refractivity contribution is 5.96. The van der Waals surface area contributed by atoms with Gasteiger partial charge in [-0.15, -0.1) is 0 Å². The molecule has 3 rings (SSSR count). The maximum Gasteiger partial charge on any atom is 0.339 e. The van der Waals surface area contributed by atoms with Crippen molar-refractivity contribution in [2.45, 2.75) is 18.9 Å². The number of aromatic nitrogens is 1. The summed E-state index contributed by atoms with van der Waals surface area (Å²) in [5.41, 5.74) is 1.74. The number of pyridine rings is 1. The van der Waals surface area contributed by atoms with Gasteiger partial charge >= 0.3 is 5.97 Å². The third-order valence-corrected chi connectivity index (χ3v) is 3.85. The van der Waals surface area contributed by atoms with Crippen molar-refractivity contribution in [3.05, 3.63) is 48.2 Å². The van der Waals surface area contributed by atoms with Gasteiger partial charge in [0.05, 0.1) is 30.2 Å². The molecule has 1 fully saturated rings. The van der Waals surface area contributed by atoms with Gasteiger partial charge in [0.25, 0.3) is 5.91 Å². The fourth-order valence-corrected chi connectivity index (χ4v) is 2.57. The molecule has 25 heavy (non-hydrogen) atoms. The van der Waals surface area contributed by atoms with Crippen molar-refractivity contribution < 1.29 is 19.1 Å². The van der Waals surface area contributed by atoms with Gasteiger partial charge in [0, 0.05) is 6.61 Å². The molecule has 1 atom stereocenters. The molecule has 1 amide bonds. The van der Waals surface area contributed by atoms with E-state index in [0.29, 0.717) is 29.4 Å². The van der Waals surface area contributed by atoms with Crippen molar-refractivity contribution in [1.29, 1.82) is 0 Å². The van der Waals surface area contributed by atoms with Gasteiger partial charge < -0.3 is 20.1 Å². The second-order valence-corrected chi connectivity index (χ2v) is 5.59. The van der Waals surface area contributed by atoms with E-state index in [9.17, 15) is 9.59 Å². The highest BCUT2D eigenvalue weighted by Crippen LogP contribution is 2.22. The van der Waals surface area contributed by atoms with Crippen LogP contribution in [0.1, 0.15) is 23.2 Å². The first-order chi connectivity index (χ1) is 12.2. The van der Waals surface area contributed by atoms with Gasteiger partial charge in [-0.3, -0.25) is 4.79 Å². The summed E-state index contributed by atoms with van der Waals surface area (Å²) in [7, 11) is 1.34. The molecular weight excluding hydrogens is 322 g/mol. The SMILES string of the molecule is COC(=O)c1ccccc1Nc1ccc(NC(=O)C2CCCO2)nc1. The number of rotatable bonds is 5. The number of hydrogen-bond acceptors (Lipinski definition) is 6. The second kappa shape index (κ2) is 7.76. The molecule has 1 aromatic heterocycles. The van der Waals surface area contributed by atoms with E-state index in [1.807, 2.05) is 6.07 Å². The Hall–Kier alpha value is -2.93. The molecule has 2 heterocycles. The molecule has 0 saturated carbocycles. The fourth-order valence-electron chi connectivity index (χ4n) is 2.57. The van der Waals surface area contributed by atoms with Crippen LogP contribution in [0.3, 0.4) is 0 Å². The Balaban J connectivity index is 1.67. The minimum Gasteiger partial charge on any atom is -0.465 e. The standard InChI is InChI=1S/C18H19N3O4/c1-24-18(23)13-5-2-3-6-14(13)20-12-8-9-16(19-11-12)21-17(22)15-7-4-10-25-15/h2-3,5-6,8-9,11,15,20H,4,7,10H2,1H3,(H,19,21,22). The van der Waals surface area contributed by atoms with E-state index in [4.69, 9.17) is 9.47 Å². The Labute approximate surface area is 145 Å². The summed E-state index contributed by atoms with van der Waals surface area (Å²) in [6, 6.07) is 10.5. The van der Waals surface area contributed by atoms with Crippen LogP contribution in [0, 0.1) is 0 Å². The minimum atomic E-state index is -0.420. The highest BCUT2D eigenvalue weighted by atomic mass is 16.5. The number of esters is 1. The van der Waals surface area contributed by atoms with Gasteiger partial charge in [-0.25, -0.2) is 9.78 Å². The van der Waals surface area contributed by atoms with Crippen molar-refractivity contribution >= 4 is 29.1 Å². The Morgan fingerprint density at radius 2 is 2.08 bits per heavy atom. The van der Waals surface area contributed by atoms with E-state index in [1.165, 1.54) is 7.11 Å². The van der Waals surface area contributed by atoms with Crippen molar-refractivity contribution in [1.82, 2.24) is 4.98 Å². The molecule has 1 aliphatic rings. The normalized spacial score (nSPS) is 16.3. The molecule has 2 N–H and O–H groups in total. The Morgan fingerprint density at radius 3 is 2.76 bits per heavy atom. The number of benzene rings is 1. The summed E-state index contributed by atoms with van der Waals surface area (Å²) >= 11 is 0. The summed E-state index contributed by atoms with van der Waals surface area (Å²) in [4.78, 5) is 28.0. The smallest absolute Gasteiger partial charge is 0.339 e. The number of anilines is 3. The van der Waals surface area contributed by atoms with Crippen molar-refractivity contribution in [2.75, 3.05) is 24.4 Å². The molecule has 0 bridgehead atoms. The third-order valence-electron chi connectivity index (χ3n) is 3.85. The summed E-state index contributed by atoms with van der Waals surface area (Å²) < 4.78 is 10.1. The van der Waals surface area contributed by atoms with E-state index < -0.39 is 12.1 Å². The maximum atomic E-state index is 12.0. The van der Waals surface area contributed by atoms with Crippen LogP contribution in [0.4, 0.5) is 17.2 Å². The van der Waals surface area contributed by atoms with Gasteiger partial charge in [0.1, 0.15) is 11.9 Å². The van der Waals surface area contributed by atoms with Crippen molar-refractivity contribution in [3.8, 4) is 0 Å². The third kappa shape index (κ3) is 4.13. The molecule has 0 aliphatic carbocycles. The molecule has 7 nitrogen and oxygen atoms in total. The van der Waals surface area contributed by atoms with Crippen molar-refractivity contribution in [2.24, 2.45) is 0 Å². The predicted molar refractivity (Wildman–Crippen MR) is 92.9 cm³/mol. The van der Waals surface area contributed by atoms with Crippen LogP contribution in [0.5, 0.6) is 0 Å². The molecular formula is C18H19N3O4. The van der Waals surface area contributed by atoms with Gasteiger partial charge in [0.15, 0.2) is 0 Å². The quantitative estimate of drug-likeness (QED) is 0.813. The number of nitrogens with zero attached hydrogens (tertiary/aromatic N) is 1. The van der Waals surface area contributed by atoms with E-state index in [-0.39, 0.29) is 5.91 Å². The number of carbonyl (C=O) groups excluding carboxylic acids is 2. The molecule has 2 aromatic rings. The lowest BCUT2D eigenvalue weighted by atomic mass is 10.1. The molecule has 1 saturated heterocycles. The number of carbonyl (C=O) groups is 2. The minimum absolute atomic E-state index is 0.179. The molecule has 1 unspecified atom stereocenters. The lowest BCUT2D eigenvalue weighted by Gasteiger charge is -2.12. The number of methoxy groups -OCH3 is 1. The second-order valence-electron chi connectivity index (χ2n) is 5.59. The van der Waals surface area contributed by atoms with Crippen LogP contribution in [-0.2, 0) is 14.3 Å². The van der Waals surface area contributed by atoms with Crippen LogP contribution in [0.2, 0.25) is 0 Å². The first-order valence-electron chi connectivity index (χ1n) is 8.00. The van der Waals surface area contributed by atoms with Crippen LogP contribution in [0.25, 0.3) is 0 Å². The number of hydrogen-bond donors (Lipinski definition) is 2. The first-order valence-corrected chi connectivity index (χ1v) is 8.00. The topological polar surface area (TPSA) is 89.6 Å². The summed E-state index contributed by atoms with van der Waals surface area (Å²) in [5, 5.41) is 5.86. The van der Waals surface area contributed by atoms with Gasteiger partial charge in [-0.05, 0) is 37.1 Å². The lowest BCUT2D eigenvalue weighted by Crippen LogP contribution is -2.27. The lowest BCUT2D eigenvalue weighted by molar-refractivity contribution is -0.124. The van der Waals surface area contributed by atoms with Crippen LogP contribution in [0.15, 0.2) is 42.6 Å². The average molecular weight is 341 g/mol. The molecule has 0 spiro atoms. The molecule has 0 radical (unpaired) electrons. The molecule has 7 heteroatoms. The van der Waals surface area contributed by atoms with Gasteiger partial charge in [0.2, 0.25) is 0 Å². The summed E-state index contributed by atoms with van der Waals surface area (Å²) in [5.74, 6) is -0.148. The van der Waals surface area contributed by atoms with Gasteiger partial charge in [-0.1, -0.05) is 12.1 Å². The number of para-hydroxylation sites is 1.